The van der Waals surface area contributed by atoms with E-state index in [2.05, 4.69) is 56.0 Å². The van der Waals surface area contributed by atoms with E-state index < -0.39 is 34.0 Å². The van der Waals surface area contributed by atoms with Crippen LogP contribution in [-0.4, -0.2) is 49.0 Å². The maximum Gasteiger partial charge on any atom is 0.327 e. The van der Waals surface area contributed by atoms with Gasteiger partial charge in [-0.15, -0.1) is 0 Å². The smallest absolute Gasteiger partial charge is 0.327 e. The second-order valence-electron chi connectivity index (χ2n) is 10.2. The Kier molecular flexibility index (Phi) is 16.1. The summed E-state index contributed by atoms with van der Waals surface area (Å²) >= 11 is 1.42. The number of benzene rings is 1. The number of hydrogen-bond donors (Lipinski definition) is 3. The molecule has 3 unspecified atom stereocenters. The molecule has 0 aliphatic rings. The van der Waals surface area contributed by atoms with E-state index in [1.54, 1.807) is 25.1 Å². The molecule has 1 rings (SSSR count). The zero-order chi connectivity index (χ0) is 29.4. The van der Waals surface area contributed by atoms with Crippen molar-refractivity contribution in [2.24, 2.45) is 5.92 Å². The molecule has 1 aromatic carbocycles. The summed E-state index contributed by atoms with van der Waals surface area (Å²) in [4.78, 5) is 25.0. The minimum atomic E-state index is -3.95. The van der Waals surface area contributed by atoms with Gasteiger partial charge in [0.05, 0.1) is 4.90 Å². The summed E-state index contributed by atoms with van der Waals surface area (Å²) < 4.78 is 28.1. The molecule has 0 spiro atoms. The summed E-state index contributed by atoms with van der Waals surface area (Å²) in [6.07, 6.45) is 11.2. The van der Waals surface area contributed by atoms with E-state index in [1.807, 2.05) is 6.92 Å². The van der Waals surface area contributed by atoms with Gasteiger partial charge in [-0.05, 0) is 71.4 Å². The first-order chi connectivity index (χ1) is 18.4. The number of rotatable bonds is 18. The van der Waals surface area contributed by atoms with Crippen molar-refractivity contribution in [1.29, 1.82) is 0 Å². The zero-order valence-corrected chi connectivity index (χ0v) is 25.8. The quantitative estimate of drug-likeness (QED) is 0.143. The van der Waals surface area contributed by atoms with Crippen molar-refractivity contribution in [3.8, 4) is 0 Å². The summed E-state index contributed by atoms with van der Waals surface area (Å²) in [5.41, 5.74) is 3.96. The van der Waals surface area contributed by atoms with Crippen LogP contribution in [0.25, 0.3) is 0 Å². The maximum atomic E-state index is 13.0. The van der Waals surface area contributed by atoms with Crippen LogP contribution < -0.4 is 10.0 Å². The maximum absolute atomic E-state index is 13.0. The molecule has 3 atom stereocenters. The summed E-state index contributed by atoms with van der Waals surface area (Å²) in [6.45, 7) is 12.1. The second-order valence-corrected chi connectivity index (χ2v) is 13.0. The predicted octanol–water partition coefficient (Wildman–Crippen LogP) is 6.10. The fourth-order valence-corrected chi connectivity index (χ4v) is 5.99. The van der Waals surface area contributed by atoms with Gasteiger partial charge in [0.25, 0.3) is 0 Å². The van der Waals surface area contributed by atoms with Crippen LogP contribution in [0.15, 0.2) is 70.2 Å². The van der Waals surface area contributed by atoms with E-state index in [4.69, 9.17) is 0 Å². The highest BCUT2D eigenvalue weighted by atomic mass is 32.2. The van der Waals surface area contributed by atoms with E-state index in [0.29, 0.717) is 12.2 Å². The molecule has 7 nitrogen and oxygen atoms in total. The molecule has 3 N–H and O–H groups in total. The third kappa shape index (κ3) is 14.0. The molecular weight excluding hydrogens is 532 g/mol. The van der Waals surface area contributed by atoms with E-state index in [-0.39, 0.29) is 16.6 Å². The lowest BCUT2D eigenvalue weighted by molar-refractivity contribution is -0.141. The third-order valence-corrected chi connectivity index (χ3v) is 8.83. The molecule has 0 fully saturated rings. The van der Waals surface area contributed by atoms with Gasteiger partial charge in [0.1, 0.15) is 12.1 Å². The van der Waals surface area contributed by atoms with Gasteiger partial charge < -0.3 is 10.4 Å². The molecule has 0 aromatic heterocycles. The second kappa shape index (κ2) is 18.1. The summed E-state index contributed by atoms with van der Waals surface area (Å²) in [5.74, 6) is -1.33. The first-order valence-corrected chi connectivity index (χ1v) is 16.1. The lowest BCUT2D eigenvalue weighted by Crippen LogP contribution is -2.54. The van der Waals surface area contributed by atoms with E-state index >= 15 is 0 Å². The van der Waals surface area contributed by atoms with Crippen molar-refractivity contribution >= 4 is 33.7 Å². The van der Waals surface area contributed by atoms with Gasteiger partial charge >= 0.3 is 5.97 Å². The van der Waals surface area contributed by atoms with Crippen LogP contribution in [0.1, 0.15) is 73.6 Å². The highest BCUT2D eigenvalue weighted by Gasteiger charge is 2.32. The number of carboxylic acids is 1. The SMILES string of the molecule is CCC(C)C(NS(=O)(=O)c1ccccc1)C(=O)NC(CSCC=C(C)CCC=C(C)CCC=C(C)C)C(=O)O. The third-order valence-electron chi connectivity index (χ3n) is 6.40. The van der Waals surface area contributed by atoms with Crippen molar-refractivity contribution in [1.82, 2.24) is 10.0 Å². The van der Waals surface area contributed by atoms with Crippen LogP contribution >= 0.6 is 11.8 Å². The normalized spacial score (nSPS) is 14.8. The van der Waals surface area contributed by atoms with Gasteiger partial charge in [-0.1, -0.05) is 73.4 Å². The molecule has 39 heavy (non-hydrogen) atoms. The number of thioether (sulfide) groups is 1. The van der Waals surface area contributed by atoms with Crippen molar-refractivity contribution in [3.05, 3.63) is 65.3 Å². The Morgan fingerprint density at radius 2 is 1.56 bits per heavy atom. The topological polar surface area (TPSA) is 113 Å². The Labute approximate surface area is 239 Å². The van der Waals surface area contributed by atoms with Crippen LogP contribution in [0, 0.1) is 5.92 Å². The number of hydrogen-bond acceptors (Lipinski definition) is 5. The predicted molar refractivity (Wildman–Crippen MR) is 162 cm³/mol. The summed E-state index contributed by atoms with van der Waals surface area (Å²) in [7, 11) is -3.95. The number of nitrogens with one attached hydrogen (secondary N) is 2. The number of amides is 1. The van der Waals surface area contributed by atoms with E-state index in [0.717, 1.165) is 25.7 Å². The van der Waals surface area contributed by atoms with Gasteiger partial charge in [0.2, 0.25) is 15.9 Å². The Morgan fingerprint density at radius 1 is 0.974 bits per heavy atom. The molecule has 0 aliphatic carbocycles. The van der Waals surface area contributed by atoms with Gasteiger partial charge in [-0.25, -0.2) is 13.2 Å². The number of carbonyl (C=O) groups is 2. The Bertz CT molecular complexity index is 1110. The summed E-state index contributed by atoms with van der Waals surface area (Å²) in [6, 6.07) is 5.59. The average molecular weight is 579 g/mol. The van der Waals surface area contributed by atoms with Gasteiger partial charge in [0, 0.05) is 11.5 Å². The van der Waals surface area contributed by atoms with Gasteiger partial charge in [-0.2, -0.15) is 16.5 Å². The van der Waals surface area contributed by atoms with E-state index in [9.17, 15) is 23.1 Å². The Hall–Kier alpha value is -2.36. The lowest BCUT2D eigenvalue weighted by Gasteiger charge is -2.25. The van der Waals surface area contributed by atoms with Crippen molar-refractivity contribution in [2.45, 2.75) is 90.6 Å². The molecule has 1 amide bonds. The molecule has 0 heterocycles. The van der Waals surface area contributed by atoms with Crippen molar-refractivity contribution < 1.29 is 23.1 Å². The highest BCUT2D eigenvalue weighted by Crippen LogP contribution is 2.16. The number of sulfonamides is 1. The van der Waals surface area contributed by atoms with Gasteiger partial charge in [-0.3, -0.25) is 4.79 Å². The zero-order valence-electron chi connectivity index (χ0n) is 24.2. The van der Waals surface area contributed by atoms with Crippen molar-refractivity contribution in [3.63, 3.8) is 0 Å². The fourth-order valence-electron chi connectivity index (χ4n) is 3.66. The molecule has 1 aromatic rings. The highest BCUT2D eigenvalue weighted by molar-refractivity contribution is 7.99. The van der Waals surface area contributed by atoms with E-state index in [1.165, 1.54) is 40.6 Å². The van der Waals surface area contributed by atoms with Crippen LogP contribution in [0.2, 0.25) is 0 Å². The number of aliphatic carboxylic acids is 1. The van der Waals surface area contributed by atoms with Crippen LogP contribution in [0.4, 0.5) is 0 Å². The molecular formula is C30H46N2O5S2. The summed E-state index contributed by atoms with van der Waals surface area (Å²) in [5, 5.41) is 12.2. The Morgan fingerprint density at radius 3 is 2.13 bits per heavy atom. The first kappa shape index (κ1) is 34.7. The molecule has 0 saturated heterocycles. The first-order valence-electron chi connectivity index (χ1n) is 13.5. The molecule has 0 saturated carbocycles. The van der Waals surface area contributed by atoms with Crippen LogP contribution in [0.5, 0.6) is 0 Å². The molecule has 0 radical (unpaired) electrons. The van der Waals surface area contributed by atoms with Crippen LogP contribution in [-0.2, 0) is 19.6 Å². The van der Waals surface area contributed by atoms with Crippen LogP contribution in [0.3, 0.4) is 0 Å². The Balaban J connectivity index is 2.66. The molecule has 0 aliphatic heterocycles. The molecule has 0 bridgehead atoms. The lowest BCUT2D eigenvalue weighted by atomic mass is 9.99. The number of allylic oxidation sites excluding steroid dienone is 5. The molecule has 218 valence electrons. The number of carboxylic acid groups (broad SMARTS) is 1. The minimum absolute atomic E-state index is 0.0491. The van der Waals surface area contributed by atoms with Gasteiger partial charge in [0.15, 0.2) is 0 Å². The average Bonchev–Trinajstić information content (AvgIpc) is 2.88. The monoisotopic (exact) mass is 578 g/mol. The standard InChI is InChI=1S/C30H46N2O5S2/c1-7-25(6)28(32-39(36,37)26-17-9-8-10-18-26)29(33)31-27(30(34)35)21-38-20-19-24(5)16-12-15-23(4)14-11-13-22(2)3/h8-10,13,15,17-19,25,27-28,32H,7,11-12,14,16,20-21H2,1-6H3,(H,31,33)(H,34,35). The fraction of sp³-hybridized carbons (Fsp3) is 0.533. The molecule has 9 heteroatoms. The van der Waals surface area contributed by atoms with Crippen molar-refractivity contribution in [2.75, 3.05) is 11.5 Å². The minimum Gasteiger partial charge on any atom is -0.480 e. The largest absolute Gasteiger partial charge is 0.480 e. The number of carbonyl (C=O) groups excluding carboxylic acids is 1.